The van der Waals surface area contributed by atoms with E-state index in [4.69, 9.17) is 0 Å². The second-order valence-electron chi connectivity index (χ2n) is 5.41. The lowest BCUT2D eigenvalue weighted by molar-refractivity contribution is -0.166. The molecule has 0 spiro atoms. The Kier molecular flexibility index (Phi) is 3.14. The summed E-state index contributed by atoms with van der Waals surface area (Å²) in [7, 11) is 0. The van der Waals surface area contributed by atoms with E-state index in [0.29, 0.717) is 10.2 Å². The van der Waals surface area contributed by atoms with Crippen molar-refractivity contribution in [3.63, 3.8) is 0 Å². The molecule has 4 nitrogen and oxygen atoms in total. The van der Waals surface area contributed by atoms with Crippen molar-refractivity contribution >= 4 is 21.6 Å². The molecule has 1 saturated carbocycles. The molecule has 2 aromatic heterocycles. The maximum Gasteiger partial charge on any atom is 0.406 e. The molecule has 0 aromatic carbocycles. The number of hydrogen-bond acceptors (Lipinski definition) is 4. The van der Waals surface area contributed by atoms with E-state index in [1.807, 2.05) is 13.8 Å². The van der Waals surface area contributed by atoms with Crippen molar-refractivity contribution in [1.29, 1.82) is 0 Å². The van der Waals surface area contributed by atoms with Gasteiger partial charge in [0, 0.05) is 4.88 Å². The second kappa shape index (κ2) is 4.54. The topological polar surface area (TPSA) is 57.8 Å². The molecule has 2 heterocycles. The minimum Gasteiger partial charge on any atom is -0.309 e. The van der Waals surface area contributed by atoms with Crippen LogP contribution in [0.4, 0.5) is 13.2 Å². The minimum atomic E-state index is -4.27. The molecule has 1 aliphatic rings. The fraction of sp³-hybridized carbons (Fsp3) is 0.538. The van der Waals surface area contributed by atoms with Crippen molar-refractivity contribution in [2.75, 3.05) is 0 Å². The molecule has 2 N–H and O–H groups in total. The first kappa shape index (κ1) is 14.5. The Bertz CT molecular complexity index is 758. The molecule has 2 aromatic rings. The molecule has 114 valence electrons. The van der Waals surface area contributed by atoms with Gasteiger partial charge in [-0.15, -0.1) is 11.3 Å². The van der Waals surface area contributed by atoms with Crippen LogP contribution in [0.15, 0.2) is 4.79 Å². The highest BCUT2D eigenvalue weighted by molar-refractivity contribution is 7.18. The molecule has 0 saturated heterocycles. The zero-order chi connectivity index (χ0) is 15.4. The van der Waals surface area contributed by atoms with Gasteiger partial charge in [-0.1, -0.05) is 0 Å². The van der Waals surface area contributed by atoms with Gasteiger partial charge in [-0.25, -0.2) is 4.98 Å². The molecule has 3 rings (SSSR count). The lowest BCUT2D eigenvalue weighted by Crippen LogP contribution is -2.44. The average Bonchev–Trinajstić information content (AvgIpc) is 3.10. The predicted octanol–water partition coefficient (Wildman–Crippen LogP) is 2.79. The Morgan fingerprint density at radius 2 is 2.05 bits per heavy atom. The summed E-state index contributed by atoms with van der Waals surface area (Å²) in [6.07, 6.45) is -4.13. The van der Waals surface area contributed by atoms with Gasteiger partial charge in [0.1, 0.15) is 16.2 Å². The van der Waals surface area contributed by atoms with Crippen LogP contribution in [-0.4, -0.2) is 21.7 Å². The van der Waals surface area contributed by atoms with Gasteiger partial charge in [-0.2, -0.15) is 13.2 Å². The molecule has 0 radical (unpaired) electrons. The summed E-state index contributed by atoms with van der Waals surface area (Å²) in [4.78, 5) is 20.4. The molecule has 0 aliphatic heterocycles. The number of H-pyrrole nitrogens is 1. The van der Waals surface area contributed by atoms with E-state index in [2.05, 4.69) is 15.3 Å². The third-order valence-electron chi connectivity index (χ3n) is 3.97. The van der Waals surface area contributed by atoms with Gasteiger partial charge in [0.2, 0.25) is 0 Å². The first-order valence-electron chi connectivity index (χ1n) is 6.54. The summed E-state index contributed by atoms with van der Waals surface area (Å²) in [6.45, 7) is 3.63. The van der Waals surface area contributed by atoms with Gasteiger partial charge in [0.25, 0.3) is 5.56 Å². The van der Waals surface area contributed by atoms with E-state index in [-0.39, 0.29) is 30.8 Å². The number of nitrogens with one attached hydrogen (secondary N) is 2. The molecule has 1 aliphatic carbocycles. The van der Waals surface area contributed by atoms with Crippen molar-refractivity contribution in [2.24, 2.45) is 0 Å². The van der Waals surface area contributed by atoms with Crippen molar-refractivity contribution in [3.8, 4) is 0 Å². The number of aryl methyl sites for hydroxylation is 2. The number of aromatic amines is 1. The maximum atomic E-state index is 12.8. The van der Waals surface area contributed by atoms with Crippen molar-refractivity contribution in [3.05, 3.63) is 26.6 Å². The summed E-state index contributed by atoms with van der Waals surface area (Å²) < 4.78 is 38.5. The Balaban J connectivity index is 1.88. The molecule has 1 fully saturated rings. The summed E-state index contributed by atoms with van der Waals surface area (Å²) in [5.41, 5.74) is -1.23. The van der Waals surface area contributed by atoms with Crippen molar-refractivity contribution < 1.29 is 13.2 Å². The third kappa shape index (κ3) is 2.36. The predicted molar refractivity (Wildman–Crippen MR) is 74.6 cm³/mol. The fourth-order valence-electron chi connectivity index (χ4n) is 2.32. The molecule has 0 atom stereocenters. The summed E-state index contributed by atoms with van der Waals surface area (Å²) in [6, 6.07) is 0. The Morgan fingerprint density at radius 1 is 1.38 bits per heavy atom. The van der Waals surface area contributed by atoms with E-state index in [1.165, 1.54) is 11.3 Å². The van der Waals surface area contributed by atoms with Gasteiger partial charge in [-0.05, 0) is 32.3 Å². The van der Waals surface area contributed by atoms with Crippen LogP contribution in [0.3, 0.4) is 0 Å². The van der Waals surface area contributed by atoms with E-state index in [0.717, 1.165) is 10.4 Å². The number of fused-ring (bicyclic) bond motifs is 1. The van der Waals surface area contributed by atoms with Crippen LogP contribution in [0.1, 0.15) is 29.1 Å². The summed E-state index contributed by atoms with van der Waals surface area (Å²) in [5.74, 6) is 0.240. The third-order valence-corrected chi connectivity index (χ3v) is 5.08. The van der Waals surface area contributed by atoms with Gasteiger partial charge in [0.15, 0.2) is 0 Å². The first-order chi connectivity index (χ1) is 9.73. The Hall–Kier alpha value is -1.41. The van der Waals surface area contributed by atoms with Crippen LogP contribution in [0, 0.1) is 13.8 Å². The normalized spacial score (nSPS) is 17.4. The average molecular weight is 317 g/mol. The first-order valence-corrected chi connectivity index (χ1v) is 7.36. The number of aromatic nitrogens is 2. The molecular formula is C13H14F3N3OS. The molecule has 0 bridgehead atoms. The van der Waals surface area contributed by atoms with Crippen LogP contribution >= 0.6 is 11.3 Å². The zero-order valence-corrected chi connectivity index (χ0v) is 12.3. The standard InChI is InChI=1S/C13H14F3N3OS/c1-6-7(2)21-11-9(6)10(20)18-8(19-11)5-17-12(3-4-12)13(14,15)16/h17H,3-5H2,1-2H3,(H,18,19,20). The van der Waals surface area contributed by atoms with Crippen LogP contribution < -0.4 is 10.9 Å². The van der Waals surface area contributed by atoms with Crippen molar-refractivity contribution in [2.45, 2.75) is 44.9 Å². The molecule has 21 heavy (non-hydrogen) atoms. The van der Waals surface area contributed by atoms with E-state index in [1.54, 1.807) is 0 Å². The van der Waals surface area contributed by atoms with Gasteiger partial charge < -0.3 is 4.98 Å². The SMILES string of the molecule is Cc1sc2nc(CNC3(C(F)(F)F)CC3)[nH]c(=O)c2c1C. The van der Waals surface area contributed by atoms with Crippen LogP contribution in [-0.2, 0) is 6.54 Å². The Morgan fingerprint density at radius 3 is 2.62 bits per heavy atom. The van der Waals surface area contributed by atoms with Crippen LogP contribution in [0.2, 0.25) is 0 Å². The molecule has 0 amide bonds. The number of thiophene rings is 1. The van der Waals surface area contributed by atoms with Gasteiger partial charge in [0.05, 0.1) is 11.9 Å². The lowest BCUT2D eigenvalue weighted by Gasteiger charge is -2.20. The molecule has 0 unspecified atom stereocenters. The lowest BCUT2D eigenvalue weighted by atomic mass is 10.2. The summed E-state index contributed by atoms with van der Waals surface area (Å²) >= 11 is 1.38. The number of alkyl halides is 3. The number of nitrogens with zero attached hydrogens (tertiary/aromatic N) is 1. The Labute approximate surface area is 122 Å². The highest BCUT2D eigenvalue weighted by Crippen LogP contribution is 2.48. The quantitative estimate of drug-likeness (QED) is 0.915. The minimum absolute atomic E-state index is 0.0696. The highest BCUT2D eigenvalue weighted by atomic mass is 32.1. The molecular weight excluding hydrogens is 303 g/mol. The fourth-order valence-corrected chi connectivity index (χ4v) is 3.37. The monoisotopic (exact) mass is 317 g/mol. The van der Waals surface area contributed by atoms with Crippen LogP contribution in [0.5, 0.6) is 0 Å². The zero-order valence-electron chi connectivity index (χ0n) is 11.5. The number of halogens is 3. The van der Waals surface area contributed by atoms with Gasteiger partial charge in [-0.3, -0.25) is 10.1 Å². The second-order valence-corrected chi connectivity index (χ2v) is 6.61. The molecule has 8 heteroatoms. The van der Waals surface area contributed by atoms with E-state index >= 15 is 0 Å². The van der Waals surface area contributed by atoms with Gasteiger partial charge >= 0.3 is 6.18 Å². The smallest absolute Gasteiger partial charge is 0.309 e. The number of rotatable bonds is 3. The van der Waals surface area contributed by atoms with E-state index < -0.39 is 11.7 Å². The van der Waals surface area contributed by atoms with Crippen LogP contribution in [0.25, 0.3) is 10.2 Å². The highest BCUT2D eigenvalue weighted by Gasteiger charge is 2.63. The largest absolute Gasteiger partial charge is 0.406 e. The summed E-state index contributed by atoms with van der Waals surface area (Å²) in [5, 5.41) is 3.01. The van der Waals surface area contributed by atoms with Crippen molar-refractivity contribution in [1.82, 2.24) is 15.3 Å². The maximum absolute atomic E-state index is 12.8. The number of hydrogen-bond donors (Lipinski definition) is 2. The van der Waals surface area contributed by atoms with E-state index in [9.17, 15) is 18.0 Å².